The van der Waals surface area contributed by atoms with Gasteiger partial charge in [0.25, 0.3) is 5.91 Å². The van der Waals surface area contributed by atoms with Gasteiger partial charge in [0.05, 0.1) is 19.0 Å². The molecule has 0 radical (unpaired) electrons. The third-order valence-corrected chi connectivity index (χ3v) is 5.83. The molecule has 7 N–H and O–H groups in total. The van der Waals surface area contributed by atoms with Gasteiger partial charge in [-0.1, -0.05) is 32.0 Å². The molecule has 0 aliphatic rings. The maximum atomic E-state index is 13.7. The molecule has 3 rings (SSSR count). The Hall–Kier alpha value is -3.96. The summed E-state index contributed by atoms with van der Waals surface area (Å²) in [5.41, 5.74) is 9.93. The monoisotopic (exact) mass is 514 g/mol. The van der Waals surface area contributed by atoms with Crippen molar-refractivity contribution in [1.29, 1.82) is 0 Å². The van der Waals surface area contributed by atoms with E-state index in [2.05, 4.69) is 4.98 Å². The number of benzene rings is 2. The summed E-state index contributed by atoms with van der Waals surface area (Å²) in [4.78, 5) is 29.6. The van der Waals surface area contributed by atoms with E-state index in [1.165, 1.54) is 22.2 Å². The maximum absolute atomic E-state index is 13.7. The van der Waals surface area contributed by atoms with Crippen molar-refractivity contribution in [2.24, 2.45) is 17.5 Å². The number of aromatic amines is 1. The van der Waals surface area contributed by atoms with Crippen LogP contribution in [0.4, 0.5) is 8.78 Å². The van der Waals surface area contributed by atoms with E-state index in [1.54, 1.807) is 5.48 Å². The van der Waals surface area contributed by atoms with E-state index >= 15 is 0 Å². The Bertz CT molecular complexity index is 1280. The second-order valence-electron chi connectivity index (χ2n) is 9.32. The number of aromatic nitrogens is 1. The predicted octanol–water partition coefficient (Wildman–Crippen LogP) is 3.03. The predicted molar refractivity (Wildman–Crippen MR) is 136 cm³/mol. The average Bonchev–Trinajstić information content (AvgIpc) is 3.26. The Kier molecular flexibility index (Phi) is 9.20. The van der Waals surface area contributed by atoms with Crippen LogP contribution in [0.1, 0.15) is 36.2 Å². The third kappa shape index (κ3) is 7.28. The number of nitrogens with one attached hydrogen (secondary N) is 2. The Balaban J connectivity index is 1.81. The molecule has 198 valence electrons. The number of amides is 2. The largest absolute Gasteiger partial charge is 0.399 e. The molecular weight excluding hydrogens is 482 g/mol. The fraction of sp³-hybridized carbons (Fsp3) is 0.308. The number of rotatable bonds is 11. The fourth-order valence-electron chi connectivity index (χ4n) is 4.13. The summed E-state index contributed by atoms with van der Waals surface area (Å²) < 4.78 is 27.1. The van der Waals surface area contributed by atoms with Gasteiger partial charge in [-0.25, -0.2) is 20.1 Å². The second kappa shape index (κ2) is 12.3. The van der Waals surface area contributed by atoms with Crippen molar-refractivity contribution in [3.05, 3.63) is 83.3 Å². The van der Waals surface area contributed by atoms with Crippen LogP contribution in [-0.2, 0) is 11.2 Å². The number of para-hydroxylation sites is 1. The Morgan fingerprint density at radius 2 is 1.89 bits per heavy atom. The van der Waals surface area contributed by atoms with Crippen LogP contribution in [0.2, 0.25) is 0 Å². The number of hydroxylamine groups is 1. The molecule has 1 heterocycles. The molecule has 0 fully saturated rings. The van der Waals surface area contributed by atoms with Crippen molar-refractivity contribution in [3.63, 3.8) is 0 Å². The Morgan fingerprint density at radius 3 is 2.57 bits per heavy atom. The van der Waals surface area contributed by atoms with E-state index in [0.717, 1.165) is 28.6 Å². The average molecular weight is 515 g/mol. The van der Waals surface area contributed by atoms with Gasteiger partial charge in [-0.3, -0.25) is 14.8 Å². The van der Waals surface area contributed by atoms with Crippen LogP contribution in [-0.4, -0.2) is 51.0 Å². The van der Waals surface area contributed by atoms with Gasteiger partial charge >= 0.3 is 0 Å². The first-order chi connectivity index (χ1) is 17.6. The van der Waals surface area contributed by atoms with E-state index in [4.69, 9.17) is 16.8 Å². The lowest BCUT2D eigenvalue weighted by atomic mass is 10.0. The van der Waals surface area contributed by atoms with Gasteiger partial charge < -0.3 is 20.6 Å². The minimum atomic E-state index is -1.12. The van der Waals surface area contributed by atoms with Crippen LogP contribution in [0.5, 0.6) is 0 Å². The molecule has 11 heteroatoms. The zero-order chi connectivity index (χ0) is 27.1. The standard InChI is InChI=1S/C26H32F2N6O3/c1-16(2)13-33(26(36)17-7-8-22(27)23(28)10-17)14-19(29)15-34(30)20(11-25(35)32-37)9-18-12-31-24-6-4-3-5-21(18)24/h3-8,10,12,15-16,20,31,37H,9,11,13-14,29-30H2,1-2H3,(H,32,35)/b19-15-. The van der Waals surface area contributed by atoms with E-state index < -0.39 is 29.5 Å². The molecule has 0 spiro atoms. The molecule has 0 aliphatic carbocycles. The van der Waals surface area contributed by atoms with Gasteiger partial charge in [0.15, 0.2) is 11.6 Å². The molecule has 1 unspecified atom stereocenters. The first kappa shape index (κ1) is 27.6. The molecule has 3 aromatic rings. The van der Waals surface area contributed by atoms with Crippen LogP contribution in [0, 0.1) is 17.6 Å². The highest BCUT2D eigenvalue weighted by atomic mass is 19.2. The smallest absolute Gasteiger partial charge is 0.254 e. The van der Waals surface area contributed by atoms with Crippen molar-refractivity contribution in [1.82, 2.24) is 20.4 Å². The van der Waals surface area contributed by atoms with Crippen molar-refractivity contribution < 1.29 is 23.6 Å². The number of nitrogens with zero attached hydrogens (tertiary/aromatic N) is 2. The summed E-state index contributed by atoms with van der Waals surface area (Å²) in [5.74, 6) is 3.07. The normalized spacial score (nSPS) is 12.6. The van der Waals surface area contributed by atoms with Crippen LogP contribution < -0.4 is 17.1 Å². The Labute approximate surface area is 213 Å². The lowest BCUT2D eigenvalue weighted by Crippen LogP contribution is -2.43. The minimum absolute atomic E-state index is 0.00576. The molecule has 0 aliphatic heterocycles. The lowest BCUT2D eigenvalue weighted by molar-refractivity contribution is -0.130. The Morgan fingerprint density at radius 1 is 1.16 bits per heavy atom. The van der Waals surface area contributed by atoms with Crippen LogP contribution in [0.15, 0.2) is 60.6 Å². The molecule has 1 atom stereocenters. The number of hydrogen-bond donors (Lipinski definition) is 5. The van der Waals surface area contributed by atoms with Crippen LogP contribution in [0.3, 0.4) is 0 Å². The number of hydrogen-bond acceptors (Lipinski definition) is 6. The quantitative estimate of drug-likeness (QED) is 0.151. The first-order valence-corrected chi connectivity index (χ1v) is 11.8. The third-order valence-electron chi connectivity index (χ3n) is 5.83. The van der Waals surface area contributed by atoms with Crippen LogP contribution >= 0.6 is 0 Å². The van der Waals surface area contributed by atoms with Crippen molar-refractivity contribution in [3.8, 4) is 0 Å². The molecule has 2 amide bonds. The second-order valence-corrected chi connectivity index (χ2v) is 9.32. The molecule has 0 saturated carbocycles. The van der Waals surface area contributed by atoms with E-state index in [0.29, 0.717) is 13.0 Å². The number of hydrazine groups is 1. The molecule has 1 aromatic heterocycles. The molecule has 9 nitrogen and oxygen atoms in total. The highest BCUT2D eigenvalue weighted by molar-refractivity contribution is 5.94. The van der Waals surface area contributed by atoms with Crippen molar-refractivity contribution >= 4 is 22.7 Å². The molecule has 0 saturated heterocycles. The number of nitrogens with two attached hydrogens (primary N) is 2. The van der Waals surface area contributed by atoms with Gasteiger partial charge in [0.2, 0.25) is 5.91 Å². The van der Waals surface area contributed by atoms with Gasteiger partial charge in [-0.2, -0.15) is 0 Å². The summed E-state index contributed by atoms with van der Waals surface area (Å²) in [6.45, 7) is 4.09. The number of fused-ring (bicyclic) bond motifs is 1. The molecule has 2 aromatic carbocycles. The number of H-pyrrole nitrogens is 1. The molecular formula is C26H32F2N6O3. The highest BCUT2D eigenvalue weighted by Crippen LogP contribution is 2.21. The zero-order valence-corrected chi connectivity index (χ0v) is 20.7. The van der Waals surface area contributed by atoms with Crippen molar-refractivity contribution in [2.45, 2.75) is 32.7 Å². The summed E-state index contributed by atoms with van der Waals surface area (Å²) in [5, 5.41) is 11.3. The fourth-order valence-corrected chi connectivity index (χ4v) is 4.13. The summed E-state index contributed by atoms with van der Waals surface area (Å²) in [6, 6.07) is 10.1. The number of halogens is 2. The van der Waals surface area contributed by atoms with Gasteiger partial charge in [0, 0.05) is 41.1 Å². The zero-order valence-electron chi connectivity index (χ0n) is 20.7. The van der Waals surface area contributed by atoms with E-state index in [1.807, 2.05) is 44.3 Å². The summed E-state index contributed by atoms with van der Waals surface area (Å²) in [6.07, 6.45) is 3.50. The van der Waals surface area contributed by atoms with Gasteiger partial charge in [-0.15, -0.1) is 0 Å². The number of carbonyl (C=O) groups is 2. The molecule has 0 bridgehead atoms. The molecule has 37 heavy (non-hydrogen) atoms. The van der Waals surface area contributed by atoms with E-state index in [9.17, 15) is 18.4 Å². The highest BCUT2D eigenvalue weighted by Gasteiger charge is 2.22. The van der Waals surface area contributed by atoms with Crippen LogP contribution in [0.25, 0.3) is 10.9 Å². The SMILES string of the molecule is CC(C)CN(C/C(N)=C/N(N)C(CC(=O)NO)Cc1c[nH]c2ccccc12)C(=O)c1ccc(F)c(F)c1. The maximum Gasteiger partial charge on any atom is 0.254 e. The van der Waals surface area contributed by atoms with E-state index in [-0.39, 0.29) is 30.1 Å². The summed E-state index contributed by atoms with van der Waals surface area (Å²) in [7, 11) is 0. The number of carbonyl (C=O) groups excluding carboxylic acids is 2. The van der Waals surface area contributed by atoms with Gasteiger partial charge in [-0.05, 0) is 42.2 Å². The minimum Gasteiger partial charge on any atom is -0.399 e. The topological polar surface area (TPSA) is 141 Å². The first-order valence-electron chi connectivity index (χ1n) is 11.8. The lowest BCUT2D eigenvalue weighted by Gasteiger charge is -2.28. The summed E-state index contributed by atoms with van der Waals surface area (Å²) >= 11 is 0. The van der Waals surface area contributed by atoms with Gasteiger partial charge in [0.1, 0.15) is 0 Å². The van der Waals surface area contributed by atoms with Crippen molar-refractivity contribution in [2.75, 3.05) is 13.1 Å².